The van der Waals surface area contributed by atoms with E-state index in [1.54, 1.807) is 18.3 Å². The highest BCUT2D eigenvalue weighted by atomic mass is 32.2. The number of hydrogen-bond donors (Lipinski definition) is 0. The van der Waals surface area contributed by atoms with E-state index in [-0.39, 0.29) is 24.1 Å². The van der Waals surface area contributed by atoms with Gasteiger partial charge in [0.25, 0.3) is 0 Å². The first kappa shape index (κ1) is 17.5. The Labute approximate surface area is 155 Å². The lowest BCUT2D eigenvalue weighted by atomic mass is 10.3. The molecule has 2 atom stereocenters. The number of rotatable bonds is 4. The van der Waals surface area contributed by atoms with Gasteiger partial charge in [-0.3, -0.25) is 0 Å². The molecule has 2 saturated heterocycles. The Morgan fingerprint density at radius 1 is 1.12 bits per heavy atom. The van der Waals surface area contributed by atoms with Crippen molar-refractivity contribution in [2.75, 3.05) is 37.5 Å². The van der Waals surface area contributed by atoms with Crippen LogP contribution in [0.15, 0.2) is 41.7 Å². The van der Waals surface area contributed by atoms with Crippen molar-refractivity contribution in [1.29, 1.82) is 0 Å². The zero-order valence-corrected chi connectivity index (χ0v) is 15.2. The summed E-state index contributed by atoms with van der Waals surface area (Å²) < 4.78 is 30.9. The summed E-state index contributed by atoms with van der Waals surface area (Å²) in [6, 6.07) is 7.89. The van der Waals surface area contributed by atoms with E-state index < -0.39 is 0 Å². The second-order valence-electron chi connectivity index (χ2n) is 6.24. The molecule has 0 bridgehead atoms. The minimum atomic E-state index is -0.283. The van der Waals surface area contributed by atoms with E-state index >= 15 is 0 Å². The monoisotopic (exact) mass is 377 g/mol. The summed E-state index contributed by atoms with van der Waals surface area (Å²) in [5.41, 5.74) is 0. The fourth-order valence-corrected chi connectivity index (χ4v) is 3.49. The predicted octanol–water partition coefficient (Wildman–Crippen LogP) is 2.39. The average molecular weight is 377 g/mol. The van der Waals surface area contributed by atoms with Crippen molar-refractivity contribution in [2.24, 2.45) is 0 Å². The smallest absolute Gasteiger partial charge is 0.189 e. The average Bonchev–Trinajstić information content (AvgIpc) is 3.00. The molecule has 1 aromatic carbocycles. The van der Waals surface area contributed by atoms with Crippen LogP contribution in [0.1, 0.15) is 0 Å². The van der Waals surface area contributed by atoms with E-state index in [1.165, 1.54) is 23.9 Å². The molecule has 26 heavy (non-hydrogen) atoms. The molecule has 0 amide bonds. The van der Waals surface area contributed by atoms with E-state index in [2.05, 4.69) is 14.9 Å². The molecular formula is C18H20FN3O3S. The predicted molar refractivity (Wildman–Crippen MR) is 96.3 cm³/mol. The largest absolute Gasteiger partial charge is 0.486 e. The molecule has 0 N–H and O–H groups in total. The molecule has 0 spiro atoms. The Balaban J connectivity index is 1.36. The van der Waals surface area contributed by atoms with Crippen LogP contribution in [-0.4, -0.2) is 60.8 Å². The van der Waals surface area contributed by atoms with E-state index in [0.717, 1.165) is 24.1 Å². The van der Waals surface area contributed by atoms with Gasteiger partial charge >= 0.3 is 0 Å². The Morgan fingerprint density at radius 3 is 2.46 bits per heavy atom. The van der Waals surface area contributed by atoms with Gasteiger partial charge in [0.1, 0.15) is 35.7 Å². The molecule has 138 valence electrons. The van der Waals surface area contributed by atoms with Gasteiger partial charge in [0, 0.05) is 19.3 Å². The number of benzene rings is 1. The number of aromatic nitrogens is 2. The highest BCUT2D eigenvalue weighted by Gasteiger charge is 2.38. The number of halogens is 1. The molecule has 0 saturated carbocycles. The van der Waals surface area contributed by atoms with Gasteiger partial charge in [0.05, 0.1) is 13.2 Å². The summed E-state index contributed by atoms with van der Waals surface area (Å²) in [5, 5.41) is 0.754. The minimum absolute atomic E-state index is 0.0236. The highest BCUT2D eigenvalue weighted by molar-refractivity contribution is 7.98. The Bertz CT molecular complexity index is 733. The number of nitrogens with zero attached hydrogens (tertiary/aromatic N) is 3. The summed E-state index contributed by atoms with van der Waals surface area (Å²) in [4.78, 5) is 10.9. The van der Waals surface area contributed by atoms with Crippen molar-refractivity contribution < 1.29 is 18.6 Å². The number of thioether (sulfide) groups is 1. The van der Waals surface area contributed by atoms with Crippen molar-refractivity contribution in [3.63, 3.8) is 0 Å². The van der Waals surface area contributed by atoms with Gasteiger partial charge in [-0.05, 0) is 36.6 Å². The molecule has 2 fully saturated rings. The number of ether oxygens (including phenoxy) is 3. The van der Waals surface area contributed by atoms with E-state index in [1.807, 2.05) is 12.3 Å². The number of hydrogen-bond acceptors (Lipinski definition) is 7. The summed E-state index contributed by atoms with van der Waals surface area (Å²) >= 11 is 1.52. The summed E-state index contributed by atoms with van der Waals surface area (Å²) in [7, 11) is 0. The van der Waals surface area contributed by atoms with E-state index in [9.17, 15) is 4.39 Å². The maximum Gasteiger partial charge on any atom is 0.189 e. The third-order valence-corrected chi connectivity index (χ3v) is 5.01. The topological polar surface area (TPSA) is 56.7 Å². The number of anilines is 1. The molecule has 4 rings (SSSR count). The summed E-state index contributed by atoms with van der Waals surface area (Å²) in [6.07, 6.45) is 3.48. The van der Waals surface area contributed by atoms with Crippen LogP contribution in [0.25, 0.3) is 0 Å². The lowest BCUT2D eigenvalue weighted by Crippen LogP contribution is -2.29. The van der Waals surface area contributed by atoms with Crippen LogP contribution >= 0.6 is 11.8 Å². The molecule has 0 unspecified atom stereocenters. The van der Waals surface area contributed by atoms with Crippen LogP contribution in [0, 0.1) is 5.82 Å². The molecule has 6 nitrogen and oxygen atoms in total. The van der Waals surface area contributed by atoms with Crippen LogP contribution in [0.3, 0.4) is 0 Å². The quantitative estimate of drug-likeness (QED) is 0.599. The van der Waals surface area contributed by atoms with Gasteiger partial charge in [-0.25, -0.2) is 14.4 Å². The molecule has 0 radical (unpaired) electrons. The standard InChI is InChI=1S/C18H20FN3O3S/c1-26-18-20-7-6-17(21-18)22-8-15-16(9-22)24-11-14(10-23-15)25-13-4-2-12(19)3-5-13/h2-7,14-16H,8-11H2,1H3/t15-,16-/m0/s1. The third kappa shape index (κ3) is 3.92. The van der Waals surface area contributed by atoms with Crippen molar-refractivity contribution in [1.82, 2.24) is 9.97 Å². The SMILES string of the molecule is CSc1nccc(N2C[C@@H]3OCC(Oc4ccc(F)cc4)CO[C@H]3C2)n1. The summed E-state index contributed by atoms with van der Waals surface area (Å²) in [6.45, 7) is 2.32. The van der Waals surface area contributed by atoms with Crippen molar-refractivity contribution in [2.45, 2.75) is 23.5 Å². The van der Waals surface area contributed by atoms with Crippen LogP contribution in [0.4, 0.5) is 10.2 Å². The Kier molecular flexibility index (Phi) is 5.23. The van der Waals surface area contributed by atoms with E-state index in [4.69, 9.17) is 14.2 Å². The number of fused-ring (bicyclic) bond motifs is 1. The normalized spacial score (nSPS) is 23.5. The zero-order chi connectivity index (χ0) is 17.9. The first-order chi connectivity index (χ1) is 12.7. The zero-order valence-electron chi connectivity index (χ0n) is 14.4. The maximum atomic E-state index is 13.0. The van der Waals surface area contributed by atoms with Gasteiger partial charge < -0.3 is 19.1 Å². The molecular weight excluding hydrogens is 357 g/mol. The fourth-order valence-electron chi connectivity index (χ4n) is 3.14. The molecule has 2 aliphatic rings. The second-order valence-corrected chi connectivity index (χ2v) is 7.02. The molecule has 2 aromatic rings. The highest BCUT2D eigenvalue weighted by Crippen LogP contribution is 2.26. The van der Waals surface area contributed by atoms with Crippen molar-refractivity contribution in [3.8, 4) is 5.75 Å². The molecule has 3 heterocycles. The third-order valence-electron chi connectivity index (χ3n) is 4.45. The van der Waals surface area contributed by atoms with Crippen LogP contribution in [0.5, 0.6) is 5.75 Å². The minimum Gasteiger partial charge on any atom is -0.486 e. The van der Waals surface area contributed by atoms with Crippen LogP contribution in [-0.2, 0) is 9.47 Å². The van der Waals surface area contributed by atoms with Gasteiger partial charge in [-0.15, -0.1) is 0 Å². The molecule has 8 heteroatoms. The molecule has 0 aliphatic carbocycles. The lowest BCUT2D eigenvalue weighted by molar-refractivity contribution is -0.00461. The van der Waals surface area contributed by atoms with Gasteiger partial charge in [-0.1, -0.05) is 11.8 Å². The Morgan fingerprint density at radius 2 is 1.81 bits per heavy atom. The van der Waals surface area contributed by atoms with Crippen molar-refractivity contribution >= 4 is 17.6 Å². The summed E-state index contributed by atoms with van der Waals surface area (Å²) in [5.74, 6) is 1.22. The first-order valence-corrected chi connectivity index (χ1v) is 9.71. The Hall–Kier alpha value is -1.90. The van der Waals surface area contributed by atoms with Gasteiger partial charge in [0.15, 0.2) is 5.16 Å². The van der Waals surface area contributed by atoms with Crippen LogP contribution in [0.2, 0.25) is 0 Å². The van der Waals surface area contributed by atoms with Crippen LogP contribution < -0.4 is 9.64 Å². The van der Waals surface area contributed by atoms with Gasteiger partial charge in [0.2, 0.25) is 0 Å². The van der Waals surface area contributed by atoms with Crippen molar-refractivity contribution in [3.05, 3.63) is 42.3 Å². The lowest BCUT2D eigenvalue weighted by Gasteiger charge is -2.20. The second kappa shape index (κ2) is 7.77. The maximum absolute atomic E-state index is 13.0. The molecule has 2 aliphatic heterocycles. The molecule has 1 aromatic heterocycles. The fraction of sp³-hybridized carbons (Fsp3) is 0.444. The first-order valence-electron chi connectivity index (χ1n) is 8.48. The van der Waals surface area contributed by atoms with E-state index in [0.29, 0.717) is 19.0 Å². The van der Waals surface area contributed by atoms with Gasteiger partial charge in [-0.2, -0.15) is 0 Å².